The number of hydrogen-bond donors (Lipinski definition) is 2. The van der Waals surface area contributed by atoms with E-state index in [0.717, 1.165) is 0 Å². The topological polar surface area (TPSA) is 74.6 Å². The van der Waals surface area contributed by atoms with Gasteiger partial charge in [-0.2, -0.15) is 0 Å². The summed E-state index contributed by atoms with van der Waals surface area (Å²) in [7, 11) is 0. The van der Waals surface area contributed by atoms with E-state index < -0.39 is 13.4 Å². The van der Waals surface area contributed by atoms with Crippen LogP contribution in [0.3, 0.4) is 0 Å². The first kappa shape index (κ1) is 16.4. The third kappa shape index (κ3) is 51.0. The molecule has 7 heteroatoms. The van der Waals surface area contributed by atoms with Crippen LogP contribution < -0.4 is 0 Å². The summed E-state index contributed by atoms with van der Waals surface area (Å²) >= 11 is -5.12. The van der Waals surface area contributed by atoms with Gasteiger partial charge in [-0.1, -0.05) is 0 Å². The van der Waals surface area contributed by atoms with Crippen molar-refractivity contribution in [3.63, 3.8) is 0 Å². The first-order chi connectivity index (χ1) is 2.00. The molecule has 0 heterocycles. The Morgan fingerprint density at radius 1 is 1.29 bits per heavy atom. The van der Waals surface area contributed by atoms with Crippen LogP contribution in [-0.4, -0.2) is 53.9 Å². The van der Waals surface area contributed by atoms with Gasteiger partial charge in [-0.15, -0.1) is 0 Å². The molecule has 43 valence electrons. The van der Waals surface area contributed by atoms with Crippen molar-refractivity contribution < 1.29 is 72.7 Å². The van der Waals surface area contributed by atoms with Gasteiger partial charge in [0.05, 0.1) is 0 Å². The molecular weight excluding hydrogens is 357 g/mol. The fourth-order valence-electron chi connectivity index (χ4n) is 0. The van der Waals surface area contributed by atoms with E-state index in [0.29, 0.717) is 0 Å². The van der Waals surface area contributed by atoms with Gasteiger partial charge in [0.2, 0.25) is 0 Å². The molecule has 4 nitrogen and oxygen atoms in total. The van der Waals surface area contributed by atoms with Gasteiger partial charge in [0.25, 0.3) is 0 Å². The molecule has 0 fully saturated rings. The predicted octanol–water partition coefficient (Wildman–Crippen LogP) is -1.51. The van der Waals surface area contributed by atoms with Crippen LogP contribution in [0.15, 0.2) is 0 Å². The molecule has 0 aliphatic heterocycles. The summed E-state index contributed by atoms with van der Waals surface area (Å²) in [5.41, 5.74) is 0. The molecule has 0 saturated carbocycles. The Kier molecular flexibility index (Phi) is 16.4. The Hall–Kier alpha value is 2.86. The van der Waals surface area contributed by atoms with Gasteiger partial charge in [0, 0.05) is 40.4 Å². The summed E-state index contributed by atoms with van der Waals surface area (Å²) in [6.45, 7) is 0. The van der Waals surface area contributed by atoms with Crippen molar-refractivity contribution in [2.24, 2.45) is 0 Å². The summed E-state index contributed by atoms with van der Waals surface area (Å²) in [4.78, 5) is 0. The molecule has 0 aliphatic carbocycles. The molecule has 0 aromatic rings. The van der Waals surface area contributed by atoms with Gasteiger partial charge < -0.3 is 2.85 Å². The van der Waals surface area contributed by atoms with Gasteiger partial charge in [-0.3, -0.25) is 0 Å². The Labute approximate surface area is 115 Å². The first-order valence-corrected chi connectivity index (χ1v) is 2.67. The number of rotatable bonds is 0. The summed E-state index contributed by atoms with van der Waals surface area (Å²) in [5.74, 6) is 0. The van der Waals surface area contributed by atoms with Gasteiger partial charge in [-0.25, -0.2) is 0 Å². The number of hydrogen-bond acceptors (Lipinski definition) is 2. The molecule has 0 atom stereocenters. The van der Waals surface area contributed by atoms with Crippen molar-refractivity contribution in [1.82, 2.24) is 0 Å². The molecule has 0 aromatic heterocycles. The maximum absolute atomic E-state index is 8.80. The molecule has 7 heavy (non-hydrogen) atoms. The van der Waals surface area contributed by atoms with E-state index in [-0.39, 0.29) is 88.7 Å². The standard InChI is InChI=1S/Mn.2H2O.2O.Sm.Sr.2H/h;2*1H2;;;;;;/q+2;;;;;;+2;2*-1/p-2. The van der Waals surface area contributed by atoms with Crippen molar-refractivity contribution >= 4 is 45.5 Å². The van der Waals surface area contributed by atoms with Crippen LogP contribution >= 0.6 is 0 Å². The van der Waals surface area contributed by atoms with Gasteiger partial charge in [0.15, 0.2) is 0 Å². The van der Waals surface area contributed by atoms with Crippen molar-refractivity contribution in [1.29, 1.82) is 0 Å². The van der Waals surface area contributed by atoms with Gasteiger partial charge >= 0.3 is 74.9 Å². The maximum atomic E-state index is 8.80. The van der Waals surface area contributed by atoms with E-state index in [1.165, 1.54) is 0 Å². The summed E-state index contributed by atoms with van der Waals surface area (Å²) in [6, 6.07) is 0. The van der Waals surface area contributed by atoms with Crippen molar-refractivity contribution in [3.8, 4) is 0 Å². The molecule has 0 spiro atoms. The molecule has 0 amide bonds. The van der Waals surface area contributed by atoms with E-state index in [9.17, 15) is 0 Å². The third-order valence-electron chi connectivity index (χ3n) is 0. The summed E-state index contributed by atoms with van der Waals surface area (Å²) in [5, 5.41) is 0. The van der Waals surface area contributed by atoms with Crippen LogP contribution in [0.4, 0.5) is 0 Å². The second-order valence-electron chi connectivity index (χ2n) is 0.415. The maximum Gasteiger partial charge on any atom is 2.00 e. The van der Waals surface area contributed by atoms with Gasteiger partial charge in [0.1, 0.15) is 0 Å². The summed E-state index contributed by atoms with van der Waals surface area (Å²) in [6.07, 6.45) is 0. The van der Waals surface area contributed by atoms with Crippen LogP contribution in [-0.2, 0) is 21.0 Å². The van der Waals surface area contributed by atoms with E-state index in [4.69, 9.17) is 16.0 Å². The molecule has 0 aromatic carbocycles. The third-order valence-corrected chi connectivity index (χ3v) is 0. The Morgan fingerprint density at radius 3 is 1.29 bits per heavy atom. The van der Waals surface area contributed by atoms with Crippen molar-refractivity contribution in [3.05, 3.63) is 0 Å². The normalized spacial score (nSPS) is 8.29. The Balaban J connectivity index is -0.0000000133. The zero-order valence-electron chi connectivity index (χ0n) is 5.20. The molecule has 0 bridgehead atoms. The van der Waals surface area contributed by atoms with Crippen LogP contribution in [0.1, 0.15) is 2.85 Å². The smallest absolute Gasteiger partial charge is 0 e. The molecule has 0 radical (unpaired) electrons. The van der Waals surface area contributed by atoms with Gasteiger partial charge in [-0.05, 0) is 0 Å². The average Bonchev–Trinajstić information content (AvgIpc) is 0.722. The Morgan fingerprint density at radius 2 is 1.29 bits per heavy atom. The SMILES string of the molecule is [H-].[H-].[O]=[Mn](=[O])([OH])[OH].[Sm].[Sr+2]. The second-order valence-corrected chi connectivity index (χ2v) is 1.71. The monoisotopic (exact) mass is 363 g/mol. The zero-order chi connectivity index (χ0) is 4.50. The largest absolute Gasteiger partial charge is 2.00 e. The predicted molar refractivity (Wildman–Crippen MR) is 13.8 cm³/mol. The second kappa shape index (κ2) is 6.97. The molecule has 0 aliphatic rings. The van der Waals surface area contributed by atoms with E-state index >= 15 is 0 Å². The molecular formula is H4MnO4SmSr. The minimum atomic E-state index is -5.12. The molecule has 0 saturated heterocycles. The van der Waals surface area contributed by atoms with E-state index in [1.807, 2.05) is 0 Å². The molecule has 2 N–H and O–H groups in total. The first-order valence-electron chi connectivity index (χ1n) is 0.647. The fourth-order valence-corrected chi connectivity index (χ4v) is 0. The summed E-state index contributed by atoms with van der Waals surface area (Å²) < 4.78 is 31.8. The van der Waals surface area contributed by atoms with Crippen LogP contribution in [0.2, 0.25) is 0 Å². The minimum absolute atomic E-state index is 0. The van der Waals surface area contributed by atoms with E-state index in [2.05, 4.69) is 0 Å². The van der Waals surface area contributed by atoms with Crippen LogP contribution in [0.25, 0.3) is 0 Å². The van der Waals surface area contributed by atoms with Crippen molar-refractivity contribution in [2.45, 2.75) is 0 Å². The zero-order valence-corrected chi connectivity index (χ0v) is 10.5. The van der Waals surface area contributed by atoms with Crippen LogP contribution in [0.5, 0.6) is 0 Å². The molecule has 0 unspecified atom stereocenters. The molecule has 0 rings (SSSR count). The van der Waals surface area contributed by atoms with E-state index in [1.54, 1.807) is 0 Å². The quantitative estimate of drug-likeness (QED) is 0.515. The minimum Gasteiger partial charge on any atom is 0 e. The Bertz CT molecular complexity index is 102. The average molecular weight is 361 g/mol. The van der Waals surface area contributed by atoms with Crippen LogP contribution in [0, 0.1) is 40.4 Å². The fraction of sp³-hybridized carbons (Fsp3) is 0. The van der Waals surface area contributed by atoms with Crippen molar-refractivity contribution in [2.75, 3.05) is 0 Å².